The van der Waals surface area contributed by atoms with E-state index in [1.54, 1.807) is 0 Å². The van der Waals surface area contributed by atoms with Crippen LogP contribution in [0, 0.1) is 5.82 Å². The van der Waals surface area contributed by atoms with Crippen LogP contribution in [0.25, 0.3) is 0 Å². The first-order chi connectivity index (χ1) is 10.1. The second-order valence-electron chi connectivity index (χ2n) is 5.48. The summed E-state index contributed by atoms with van der Waals surface area (Å²) in [5.74, 6) is -0.934. The van der Waals surface area contributed by atoms with Gasteiger partial charge in [-0.3, -0.25) is 5.32 Å². The van der Waals surface area contributed by atoms with Gasteiger partial charge in [-0.05, 0) is 31.0 Å². The van der Waals surface area contributed by atoms with Gasteiger partial charge in [0.25, 0.3) is 0 Å². The van der Waals surface area contributed by atoms with Crippen LogP contribution in [-0.2, 0) is 9.53 Å². The Hall–Kier alpha value is -1.13. The topological polar surface area (TPSA) is 38.3 Å². The van der Waals surface area contributed by atoms with Gasteiger partial charge in [0, 0.05) is 16.6 Å². The van der Waals surface area contributed by atoms with Crippen molar-refractivity contribution in [1.29, 1.82) is 0 Å². The van der Waals surface area contributed by atoms with Crippen LogP contribution in [0.3, 0.4) is 0 Å². The van der Waals surface area contributed by atoms with Gasteiger partial charge in [-0.25, -0.2) is 9.18 Å². The van der Waals surface area contributed by atoms with Crippen LogP contribution >= 0.6 is 11.6 Å². The number of nitrogens with one attached hydrogen (secondary N) is 1. The molecule has 0 amide bonds. The highest BCUT2D eigenvalue weighted by Crippen LogP contribution is 2.25. The minimum atomic E-state index is -0.809. The predicted molar refractivity (Wildman–Crippen MR) is 80.8 cm³/mol. The average molecular weight is 314 g/mol. The van der Waals surface area contributed by atoms with Crippen LogP contribution in [0.4, 0.5) is 4.39 Å². The summed E-state index contributed by atoms with van der Waals surface area (Å²) in [6.07, 6.45) is 6.68. The molecule has 0 heterocycles. The van der Waals surface area contributed by atoms with E-state index in [1.165, 1.54) is 38.2 Å². The van der Waals surface area contributed by atoms with Gasteiger partial charge in [-0.2, -0.15) is 0 Å². The van der Waals surface area contributed by atoms with Gasteiger partial charge in [0.2, 0.25) is 0 Å². The van der Waals surface area contributed by atoms with E-state index in [1.807, 2.05) is 0 Å². The zero-order chi connectivity index (χ0) is 15.2. The first-order valence-corrected chi connectivity index (χ1v) is 7.78. The lowest BCUT2D eigenvalue weighted by Crippen LogP contribution is -2.38. The molecule has 1 aliphatic carbocycles. The fourth-order valence-corrected chi connectivity index (χ4v) is 3.00. The number of esters is 1. The van der Waals surface area contributed by atoms with Crippen molar-refractivity contribution < 1.29 is 13.9 Å². The number of carbonyl (C=O) groups is 1. The molecule has 1 unspecified atom stereocenters. The van der Waals surface area contributed by atoms with Crippen LogP contribution in [-0.4, -0.2) is 19.1 Å². The van der Waals surface area contributed by atoms with Crippen LogP contribution in [0.1, 0.15) is 50.1 Å². The summed E-state index contributed by atoms with van der Waals surface area (Å²) in [5.41, 5.74) is 0.249. The van der Waals surface area contributed by atoms with Gasteiger partial charge in [0.15, 0.2) is 0 Å². The molecular formula is C16H21ClFNO2. The molecule has 0 aromatic heterocycles. The number of ether oxygens (including phenoxy) is 1. The summed E-state index contributed by atoms with van der Waals surface area (Å²) in [6.45, 7) is 0. The number of halogens is 2. The van der Waals surface area contributed by atoms with Crippen molar-refractivity contribution in [2.24, 2.45) is 0 Å². The third-order valence-electron chi connectivity index (χ3n) is 3.96. The highest BCUT2D eigenvalue weighted by atomic mass is 35.5. The van der Waals surface area contributed by atoms with Gasteiger partial charge < -0.3 is 4.74 Å². The molecule has 0 aliphatic heterocycles. The second kappa shape index (κ2) is 7.76. The summed E-state index contributed by atoms with van der Waals surface area (Å²) in [6, 6.07) is 3.64. The van der Waals surface area contributed by atoms with Crippen molar-refractivity contribution in [3.63, 3.8) is 0 Å². The van der Waals surface area contributed by atoms with Gasteiger partial charge in [-0.15, -0.1) is 0 Å². The van der Waals surface area contributed by atoms with E-state index in [9.17, 15) is 9.18 Å². The van der Waals surface area contributed by atoms with Crippen LogP contribution in [0.5, 0.6) is 0 Å². The highest BCUT2D eigenvalue weighted by Gasteiger charge is 2.27. The van der Waals surface area contributed by atoms with E-state index < -0.39 is 17.8 Å². The summed E-state index contributed by atoms with van der Waals surface area (Å²) in [5, 5.41) is 3.66. The second-order valence-corrected chi connectivity index (χ2v) is 5.91. The van der Waals surface area contributed by atoms with Crippen molar-refractivity contribution in [2.45, 2.75) is 50.6 Å². The summed E-state index contributed by atoms with van der Waals surface area (Å²) < 4.78 is 18.9. The number of benzene rings is 1. The lowest BCUT2D eigenvalue weighted by Gasteiger charge is -2.24. The Balaban J connectivity index is 2.21. The summed E-state index contributed by atoms with van der Waals surface area (Å²) in [4.78, 5) is 12.0. The molecule has 1 atom stereocenters. The molecule has 1 N–H and O–H groups in total. The maximum absolute atomic E-state index is 14.0. The normalized spacial score (nSPS) is 18.0. The molecule has 0 bridgehead atoms. The Labute approximate surface area is 129 Å². The molecule has 0 radical (unpaired) electrons. The van der Waals surface area contributed by atoms with Crippen molar-refractivity contribution in [3.8, 4) is 0 Å². The fraction of sp³-hybridized carbons (Fsp3) is 0.562. The van der Waals surface area contributed by atoms with E-state index in [0.717, 1.165) is 25.7 Å². The third-order valence-corrected chi connectivity index (χ3v) is 4.20. The fourth-order valence-electron chi connectivity index (χ4n) is 2.82. The molecule has 21 heavy (non-hydrogen) atoms. The van der Waals surface area contributed by atoms with E-state index in [-0.39, 0.29) is 11.6 Å². The molecule has 0 spiro atoms. The molecule has 1 fully saturated rings. The van der Waals surface area contributed by atoms with Crippen molar-refractivity contribution in [3.05, 3.63) is 34.6 Å². The first-order valence-electron chi connectivity index (χ1n) is 7.40. The molecule has 1 aromatic rings. The summed E-state index contributed by atoms with van der Waals surface area (Å²) in [7, 11) is 1.31. The molecule has 3 nitrogen and oxygen atoms in total. The maximum atomic E-state index is 14.0. The monoisotopic (exact) mass is 313 g/mol. The first kappa shape index (κ1) is 16.2. The van der Waals surface area contributed by atoms with E-state index in [0.29, 0.717) is 5.02 Å². The van der Waals surface area contributed by atoms with Crippen molar-refractivity contribution in [2.75, 3.05) is 7.11 Å². The van der Waals surface area contributed by atoms with Crippen molar-refractivity contribution >= 4 is 17.6 Å². The Morgan fingerprint density at radius 3 is 2.62 bits per heavy atom. The molecule has 1 aliphatic rings. The van der Waals surface area contributed by atoms with Gasteiger partial charge in [0.05, 0.1) is 7.11 Å². The van der Waals surface area contributed by atoms with Gasteiger partial charge in [-0.1, -0.05) is 37.3 Å². The zero-order valence-electron chi connectivity index (χ0n) is 12.2. The minimum absolute atomic E-state index is 0.204. The smallest absolute Gasteiger partial charge is 0.327 e. The van der Waals surface area contributed by atoms with E-state index in [4.69, 9.17) is 16.3 Å². The molecule has 1 aromatic carbocycles. The van der Waals surface area contributed by atoms with Gasteiger partial charge >= 0.3 is 5.97 Å². The van der Waals surface area contributed by atoms with Crippen LogP contribution in [0.2, 0.25) is 5.02 Å². The van der Waals surface area contributed by atoms with Crippen molar-refractivity contribution in [1.82, 2.24) is 5.32 Å². The number of methoxy groups -OCH3 is 1. The Morgan fingerprint density at radius 2 is 2.00 bits per heavy atom. The predicted octanol–water partition coefficient (Wildman–Crippen LogP) is 4.01. The van der Waals surface area contributed by atoms with E-state index >= 15 is 0 Å². The van der Waals surface area contributed by atoms with Crippen LogP contribution in [0.15, 0.2) is 18.2 Å². The largest absolute Gasteiger partial charge is 0.468 e. The quantitative estimate of drug-likeness (QED) is 0.674. The maximum Gasteiger partial charge on any atom is 0.327 e. The van der Waals surface area contributed by atoms with E-state index in [2.05, 4.69) is 5.32 Å². The Bertz CT molecular complexity index is 487. The number of carbonyl (C=O) groups excluding carboxylic acids is 1. The number of hydrogen-bond acceptors (Lipinski definition) is 3. The average Bonchev–Trinajstić information content (AvgIpc) is 2.75. The minimum Gasteiger partial charge on any atom is -0.468 e. The Morgan fingerprint density at radius 1 is 1.33 bits per heavy atom. The molecule has 0 saturated heterocycles. The van der Waals surface area contributed by atoms with Crippen LogP contribution < -0.4 is 5.32 Å². The lowest BCUT2D eigenvalue weighted by atomic mass is 10.0. The molecule has 116 valence electrons. The SMILES string of the molecule is COC(=O)C(NC1CCCCCC1)c1cc(Cl)ccc1F. The summed E-state index contributed by atoms with van der Waals surface area (Å²) >= 11 is 5.93. The highest BCUT2D eigenvalue weighted by molar-refractivity contribution is 6.30. The standard InChI is InChI=1S/C16H21ClFNO2/c1-21-16(20)15(13-10-11(17)8-9-14(13)18)19-12-6-4-2-3-5-7-12/h8-10,12,15,19H,2-7H2,1H3. The number of rotatable bonds is 4. The zero-order valence-corrected chi connectivity index (χ0v) is 13.0. The third kappa shape index (κ3) is 4.42. The van der Waals surface area contributed by atoms with Gasteiger partial charge in [0.1, 0.15) is 11.9 Å². The number of hydrogen-bond donors (Lipinski definition) is 1. The molecule has 2 rings (SSSR count). The molecule has 1 saturated carbocycles. The Kier molecular flexibility index (Phi) is 6.00. The lowest BCUT2D eigenvalue weighted by molar-refractivity contribution is -0.143. The molecule has 5 heteroatoms. The molecular weight excluding hydrogens is 293 g/mol.